The number of carbonyl (C=O) groups is 1. The Morgan fingerprint density at radius 1 is 1.28 bits per heavy atom. The summed E-state index contributed by atoms with van der Waals surface area (Å²) in [6.45, 7) is 4.56. The number of hydrogen-bond donors (Lipinski definition) is 2. The third-order valence-electron chi connectivity index (χ3n) is 3.76. The minimum atomic E-state index is -0.0168. The van der Waals surface area contributed by atoms with Gasteiger partial charge in [0.1, 0.15) is 5.75 Å². The molecule has 1 amide bonds. The molecule has 1 aromatic heterocycles. The molecule has 130 valence electrons. The lowest BCUT2D eigenvalue weighted by Gasteiger charge is -2.13. The SMILES string of the molecule is CCOc1ccc2nc(SCC(=O)N[C@@H](C)c3ccccc3)[nH]c2c1. The van der Waals surface area contributed by atoms with Crippen molar-refractivity contribution in [1.29, 1.82) is 0 Å². The topological polar surface area (TPSA) is 67.0 Å². The number of benzene rings is 2. The van der Waals surface area contributed by atoms with Crippen LogP contribution in [0.15, 0.2) is 53.7 Å². The van der Waals surface area contributed by atoms with E-state index in [1.165, 1.54) is 11.8 Å². The fourth-order valence-corrected chi connectivity index (χ4v) is 3.23. The van der Waals surface area contributed by atoms with Crippen molar-refractivity contribution in [2.75, 3.05) is 12.4 Å². The van der Waals surface area contributed by atoms with Gasteiger partial charge in [0, 0.05) is 6.07 Å². The van der Waals surface area contributed by atoms with E-state index in [0.717, 1.165) is 27.5 Å². The Morgan fingerprint density at radius 3 is 2.84 bits per heavy atom. The number of hydrogen-bond acceptors (Lipinski definition) is 4. The number of nitrogens with zero attached hydrogens (tertiary/aromatic N) is 1. The molecule has 0 fully saturated rings. The van der Waals surface area contributed by atoms with Gasteiger partial charge in [-0.25, -0.2) is 4.98 Å². The molecule has 0 aliphatic carbocycles. The summed E-state index contributed by atoms with van der Waals surface area (Å²) >= 11 is 1.39. The van der Waals surface area contributed by atoms with Crippen LogP contribution in [0.25, 0.3) is 11.0 Å². The van der Waals surface area contributed by atoms with Crippen LogP contribution in [0.3, 0.4) is 0 Å². The van der Waals surface area contributed by atoms with E-state index < -0.39 is 0 Å². The molecule has 0 saturated heterocycles. The van der Waals surface area contributed by atoms with Gasteiger partial charge < -0.3 is 15.0 Å². The zero-order valence-electron chi connectivity index (χ0n) is 14.3. The van der Waals surface area contributed by atoms with E-state index in [1.807, 2.05) is 62.4 Å². The highest BCUT2D eigenvalue weighted by molar-refractivity contribution is 7.99. The van der Waals surface area contributed by atoms with E-state index >= 15 is 0 Å². The Labute approximate surface area is 151 Å². The van der Waals surface area contributed by atoms with Crippen molar-refractivity contribution in [3.05, 3.63) is 54.1 Å². The van der Waals surface area contributed by atoms with E-state index in [1.54, 1.807) is 0 Å². The van der Waals surface area contributed by atoms with Crippen molar-refractivity contribution in [3.63, 3.8) is 0 Å². The summed E-state index contributed by atoms with van der Waals surface area (Å²) in [6, 6.07) is 15.6. The number of fused-ring (bicyclic) bond motifs is 1. The zero-order valence-corrected chi connectivity index (χ0v) is 15.1. The average molecular weight is 355 g/mol. The molecule has 25 heavy (non-hydrogen) atoms. The Hall–Kier alpha value is -2.47. The molecule has 2 aromatic carbocycles. The molecular weight excluding hydrogens is 334 g/mol. The van der Waals surface area contributed by atoms with Gasteiger partial charge in [-0.1, -0.05) is 42.1 Å². The smallest absolute Gasteiger partial charge is 0.230 e. The number of aromatic amines is 1. The maximum atomic E-state index is 12.2. The summed E-state index contributed by atoms with van der Waals surface area (Å²) in [5.41, 5.74) is 2.86. The first-order valence-corrected chi connectivity index (χ1v) is 9.24. The van der Waals surface area contributed by atoms with Crippen LogP contribution in [-0.2, 0) is 4.79 Å². The standard InChI is InChI=1S/C19H21N3O2S/c1-3-24-15-9-10-16-17(11-15)22-19(21-16)25-12-18(23)20-13(2)14-7-5-4-6-8-14/h4-11,13H,3,12H2,1-2H3,(H,20,23)(H,21,22)/t13-/m0/s1. The molecule has 0 bridgehead atoms. The summed E-state index contributed by atoms with van der Waals surface area (Å²) in [6.07, 6.45) is 0. The van der Waals surface area contributed by atoms with Gasteiger partial charge in [0.05, 0.1) is 29.4 Å². The Morgan fingerprint density at radius 2 is 2.08 bits per heavy atom. The van der Waals surface area contributed by atoms with E-state index in [0.29, 0.717) is 12.4 Å². The summed E-state index contributed by atoms with van der Waals surface area (Å²) in [5, 5.41) is 3.73. The van der Waals surface area contributed by atoms with Gasteiger partial charge >= 0.3 is 0 Å². The first-order valence-electron chi connectivity index (χ1n) is 8.25. The molecule has 3 aromatic rings. The first kappa shape index (κ1) is 17.4. The molecule has 0 radical (unpaired) electrons. The summed E-state index contributed by atoms with van der Waals surface area (Å²) in [5.74, 6) is 1.11. The van der Waals surface area contributed by atoms with Crippen LogP contribution in [0.1, 0.15) is 25.5 Å². The van der Waals surface area contributed by atoms with Crippen LogP contribution >= 0.6 is 11.8 Å². The van der Waals surface area contributed by atoms with Gasteiger partial charge in [-0.3, -0.25) is 4.79 Å². The molecule has 0 saturated carbocycles. The Bertz CT molecular complexity index is 848. The average Bonchev–Trinajstić information content (AvgIpc) is 3.03. The van der Waals surface area contributed by atoms with Crippen molar-refractivity contribution in [1.82, 2.24) is 15.3 Å². The van der Waals surface area contributed by atoms with Gasteiger partial charge in [0.25, 0.3) is 0 Å². The van der Waals surface area contributed by atoms with Gasteiger partial charge in [0.15, 0.2) is 5.16 Å². The van der Waals surface area contributed by atoms with Gasteiger partial charge in [0.2, 0.25) is 5.91 Å². The first-order chi connectivity index (χ1) is 12.2. The summed E-state index contributed by atoms with van der Waals surface area (Å²) in [4.78, 5) is 19.9. The monoisotopic (exact) mass is 355 g/mol. The second-order valence-corrected chi connectivity index (χ2v) is 6.61. The van der Waals surface area contributed by atoms with Gasteiger partial charge in [-0.2, -0.15) is 0 Å². The number of thioether (sulfide) groups is 1. The quantitative estimate of drug-likeness (QED) is 0.630. The lowest BCUT2D eigenvalue weighted by Crippen LogP contribution is -2.28. The van der Waals surface area contributed by atoms with Crippen LogP contribution in [0.4, 0.5) is 0 Å². The molecule has 0 aliphatic heterocycles. The van der Waals surface area contributed by atoms with E-state index in [4.69, 9.17) is 4.74 Å². The van der Waals surface area contributed by atoms with E-state index in [9.17, 15) is 4.79 Å². The number of imidazole rings is 1. The van der Waals surface area contributed by atoms with Crippen LogP contribution < -0.4 is 10.1 Å². The molecule has 6 heteroatoms. The second kappa shape index (κ2) is 8.07. The lowest BCUT2D eigenvalue weighted by atomic mass is 10.1. The maximum absolute atomic E-state index is 12.2. The van der Waals surface area contributed by atoms with Crippen molar-refractivity contribution >= 4 is 28.7 Å². The number of nitrogens with one attached hydrogen (secondary N) is 2. The number of rotatable bonds is 7. The maximum Gasteiger partial charge on any atom is 0.230 e. The van der Waals surface area contributed by atoms with Gasteiger partial charge in [-0.05, 0) is 31.5 Å². The highest BCUT2D eigenvalue weighted by Crippen LogP contribution is 2.23. The second-order valence-electron chi connectivity index (χ2n) is 5.64. The Balaban J connectivity index is 1.57. The predicted octanol–water partition coefficient (Wildman–Crippen LogP) is 3.93. The molecule has 0 unspecified atom stereocenters. The summed E-state index contributed by atoms with van der Waals surface area (Å²) < 4.78 is 5.49. The van der Waals surface area contributed by atoms with Crippen LogP contribution in [0.5, 0.6) is 5.75 Å². The molecule has 5 nitrogen and oxygen atoms in total. The third kappa shape index (κ3) is 4.54. The van der Waals surface area contributed by atoms with Crippen LogP contribution in [-0.4, -0.2) is 28.2 Å². The molecular formula is C19H21N3O2S. The number of amides is 1. The van der Waals surface area contributed by atoms with Crippen LogP contribution in [0, 0.1) is 0 Å². The number of carbonyl (C=O) groups excluding carboxylic acids is 1. The molecule has 2 N–H and O–H groups in total. The predicted molar refractivity (Wildman–Crippen MR) is 101 cm³/mol. The number of H-pyrrole nitrogens is 1. The molecule has 0 spiro atoms. The minimum Gasteiger partial charge on any atom is -0.494 e. The molecule has 1 heterocycles. The summed E-state index contributed by atoms with van der Waals surface area (Å²) in [7, 11) is 0. The fourth-order valence-electron chi connectivity index (χ4n) is 2.53. The normalized spacial score (nSPS) is 12.1. The van der Waals surface area contributed by atoms with E-state index in [-0.39, 0.29) is 11.9 Å². The number of ether oxygens (including phenoxy) is 1. The van der Waals surface area contributed by atoms with Crippen molar-refractivity contribution in [2.24, 2.45) is 0 Å². The third-order valence-corrected chi connectivity index (χ3v) is 4.63. The van der Waals surface area contributed by atoms with Gasteiger partial charge in [-0.15, -0.1) is 0 Å². The van der Waals surface area contributed by atoms with Crippen molar-refractivity contribution in [2.45, 2.75) is 25.0 Å². The Kier molecular flexibility index (Phi) is 5.60. The van der Waals surface area contributed by atoms with E-state index in [2.05, 4.69) is 15.3 Å². The fraction of sp³-hybridized carbons (Fsp3) is 0.263. The molecule has 0 aliphatic rings. The molecule has 1 atom stereocenters. The number of aromatic nitrogens is 2. The molecule has 3 rings (SSSR count). The van der Waals surface area contributed by atoms with Crippen LogP contribution in [0.2, 0.25) is 0 Å². The highest BCUT2D eigenvalue weighted by Gasteiger charge is 2.11. The zero-order chi connectivity index (χ0) is 17.6. The van der Waals surface area contributed by atoms with Crippen molar-refractivity contribution in [3.8, 4) is 5.75 Å². The highest BCUT2D eigenvalue weighted by atomic mass is 32.2. The van der Waals surface area contributed by atoms with Crippen molar-refractivity contribution < 1.29 is 9.53 Å². The lowest BCUT2D eigenvalue weighted by molar-refractivity contribution is -0.119. The minimum absolute atomic E-state index is 0.0151. The largest absolute Gasteiger partial charge is 0.494 e.